The van der Waals surface area contributed by atoms with Crippen LogP contribution >= 0.6 is 11.6 Å². The third-order valence-electron chi connectivity index (χ3n) is 3.27. The van der Waals surface area contributed by atoms with Crippen molar-refractivity contribution in [2.24, 2.45) is 0 Å². The van der Waals surface area contributed by atoms with Crippen LogP contribution in [0.5, 0.6) is 0 Å². The first-order valence-electron chi connectivity index (χ1n) is 6.61. The summed E-state index contributed by atoms with van der Waals surface area (Å²) in [4.78, 5) is 14.6. The number of fused-ring (bicyclic) bond motifs is 1. The fraction of sp³-hybridized carbons (Fsp3) is 0.118. The van der Waals surface area contributed by atoms with Crippen molar-refractivity contribution in [3.05, 3.63) is 52.8 Å². The van der Waals surface area contributed by atoms with Gasteiger partial charge in [0.1, 0.15) is 5.76 Å². The van der Waals surface area contributed by atoms with Crippen molar-refractivity contribution in [3.8, 4) is 11.5 Å². The molecular formula is C17H14ClNO2. The molecule has 0 fully saturated rings. The molecule has 0 amide bonds. The Balaban J connectivity index is 2.26. The van der Waals surface area contributed by atoms with Gasteiger partial charge in [-0.1, -0.05) is 17.7 Å². The molecule has 0 atom stereocenters. The van der Waals surface area contributed by atoms with E-state index < -0.39 is 0 Å². The number of aromatic nitrogens is 1. The Bertz CT molecular complexity index is 855. The van der Waals surface area contributed by atoms with Crippen LogP contribution in [-0.2, 0) is 4.79 Å². The largest absolute Gasteiger partial charge is 0.460 e. The number of rotatable bonds is 3. The van der Waals surface area contributed by atoms with Crippen LogP contribution in [0.15, 0.2) is 40.8 Å². The van der Waals surface area contributed by atoms with Gasteiger partial charge in [-0.2, -0.15) is 0 Å². The first-order chi connectivity index (χ1) is 10.0. The van der Waals surface area contributed by atoms with E-state index in [9.17, 15) is 4.79 Å². The molecule has 1 N–H and O–H groups in total. The lowest BCUT2D eigenvalue weighted by atomic mass is 10.1. The highest BCUT2D eigenvalue weighted by Crippen LogP contribution is 2.33. The summed E-state index contributed by atoms with van der Waals surface area (Å²) >= 11 is 6.04. The fourth-order valence-electron chi connectivity index (χ4n) is 2.33. The van der Waals surface area contributed by atoms with E-state index in [1.54, 1.807) is 6.08 Å². The highest BCUT2D eigenvalue weighted by Gasteiger charge is 2.14. The Labute approximate surface area is 127 Å². The molecule has 2 aromatic heterocycles. The molecule has 0 bridgehead atoms. The smallest absolute Gasteiger partial charge is 0.152 e. The number of benzene rings is 1. The molecule has 0 unspecified atom stereocenters. The van der Waals surface area contributed by atoms with Gasteiger partial charge < -0.3 is 9.40 Å². The summed E-state index contributed by atoms with van der Waals surface area (Å²) in [6, 6.07) is 9.45. The lowest BCUT2D eigenvalue weighted by Crippen LogP contribution is -1.82. The first-order valence-corrected chi connectivity index (χ1v) is 6.99. The first kappa shape index (κ1) is 13.7. The standard InChI is InChI=1S/C17H14ClNO2/c1-10(20)3-6-14-13-7-5-12(18)9-15(13)19-17(14)16-8-4-11(2)21-16/h3-9,19H,1-2H3/b6-3+. The molecule has 0 aliphatic heterocycles. The number of nitrogens with one attached hydrogen (secondary N) is 1. The number of halogens is 1. The van der Waals surface area contributed by atoms with Crippen molar-refractivity contribution >= 4 is 34.4 Å². The summed E-state index contributed by atoms with van der Waals surface area (Å²) in [6.45, 7) is 3.42. The molecule has 0 saturated carbocycles. The van der Waals surface area contributed by atoms with E-state index in [4.69, 9.17) is 16.0 Å². The molecule has 0 spiro atoms. The van der Waals surface area contributed by atoms with E-state index in [-0.39, 0.29) is 5.78 Å². The average molecular weight is 300 g/mol. The molecule has 3 aromatic rings. The molecule has 106 valence electrons. The van der Waals surface area contributed by atoms with Crippen molar-refractivity contribution in [1.29, 1.82) is 0 Å². The summed E-state index contributed by atoms with van der Waals surface area (Å²) in [6.07, 6.45) is 3.36. The van der Waals surface area contributed by atoms with Crippen LogP contribution in [0.25, 0.3) is 28.4 Å². The summed E-state index contributed by atoms with van der Waals surface area (Å²) in [5.41, 5.74) is 2.68. The number of aryl methyl sites for hydroxylation is 1. The Hall–Kier alpha value is -2.26. The van der Waals surface area contributed by atoms with Crippen molar-refractivity contribution < 1.29 is 9.21 Å². The summed E-state index contributed by atoms with van der Waals surface area (Å²) in [7, 11) is 0. The Morgan fingerprint density at radius 2 is 2.10 bits per heavy atom. The molecule has 3 nitrogen and oxygen atoms in total. The van der Waals surface area contributed by atoms with Crippen molar-refractivity contribution in [2.45, 2.75) is 13.8 Å². The molecular weight excluding hydrogens is 286 g/mol. The maximum atomic E-state index is 11.2. The average Bonchev–Trinajstić information content (AvgIpc) is 2.99. The highest BCUT2D eigenvalue weighted by atomic mass is 35.5. The van der Waals surface area contributed by atoms with Crippen LogP contribution in [0.1, 0.15) is 18.2 Å². The topological polar surface area (TPSA) is 46.0 Å². The zero-order valence-electron chi connectivity index (χ0n) is 11.7. The van der Waals surface area contributed by atoms with E-state index in [1.165, 1.54) is 6.92 Å². The maximum absolute atomic E-state index is 11.2. The number of hydrogen-bond acceptors (Lipinski definition) is 2. The quantitative estimate of drug-likeness (QED) is 0.692. The number of hydrogen-bond donors (Lipinski definition) is 1. The van der Waals surface area contributed by atoms with E-state index in [0.29, 0.717) is 5.02 Å². The van der Waals surface area contributed by atoms with Gasteiger partial charge in [0, 0.05) is 21.5 Å². The van der Waals surface area contributed by atoms with Gasteiger partial charge in [0.05, 0.1) is 5.69 Å². The number of H-pyrrole nitrogens is 1. The predicted octanol–water partition coefficient (Wildman–Crippen LogP) is 4.99. The zero-order chi connectivity index (χ0) is 15.0. The molecule has 4 heteroatoms. The summed E-state index contributed by atoms with van der Waals surface area (Å²) in [5, 5.41) is 1.66. The molecule has 1 aromatic carbocycles. The SMILES string of the molecule is CC(=O)/C=C/c1c(-c2ccc(C)o2)[nH]c2cc(Cl)ccc12. The minimum absolute atomic E-state index is 0.000103. The second-order valence-corrected chi connectivity index (χ2v) is 5.39. The van der Waals surface area contributed by atoms with Crippen molar-refractivity contribution in [3.63, 3.8) is 0 Å². The lowest BCUT2D eigenvalue weighted by molar-refractivity contribution is -0.112. The van der Waals surface area contributed by atoms with Gasteiger partial charge in [0.25, 0.3) is 0 Å². The summed E-state index contributed by atoms with van der Waals surface area (Å²) < 4.78 is 5.69. The molecule has 0 radical (unpaired) electrons. The second kappa shape index (κ2) is 5.26. The lowest BCUT2D eigenvalue weighted by Gasteiger charge is -1.97. The predicted molar refractivity (Wildman–Crippen MR) is 85.5 cm³/mol. The van der Waals surface area contributed by atoms with E-state index in [2.05, 4.69) is 4.98 Å². The number of carbonyl (C=O) groups is 1. The number of allylic oxidation sites excluding steroid dienone is 1. The number of furan rings is 1. The zero-order valence-corrected chi connectivity index (χ0v) is 12.5. The molecule has 21 heavy (non-hydrogen) atoms. The van der Waals surface area contributed by atoms with Gasteiger partial charge in [-0.05, 0) is 50.3 Å². The van der Waals surface area contributed by atoms with E-state index >= 15 is 0 Å². The van der Waals surface area contributed by atoms with Crippen LogP contribution in [0, 0.1) is 6.92 Å². The number of aromatic amines is 1. The van der Waals surface area contributed by atoms with Crippen molar-refractivity contribution in [2.75, 3.05) is 0 Å². The van der Waals surface area contributed by atoms with Gasteiger partial charge in [-0.25, -0.2) is 0 Å². The van der Waals surface area contributed by atoms with Crippen molar-refractivity contribution in [1.82, 2.24) is 4.98 Å². The Kier molecular flexibility index (Phi) is 3.43. The van der Waals surface area contributed by atoms with Crippen LogP contribution < -0.4 is 0 Å². The second-order valence-electron chi connectivity index (χ2n) is 4.96. The van der Waals surface area contributed by atoms with Crippen LogP contribution in [0.3, 0.4) is 0 Å². The van der Waals surface area contributed by atoms with Gasteiger partial charge in [0.15, 0.2) is 11.5 Å². The summed E-state index contributed by atoms with van der Waals surface area (Å²) in [5.74, 6) is 1.58. The maximum Gasteiger partial charge on any atom is 0.152 e. The molecule has 0 aliphatic carbocycles. The monoisotopic (exact) mass is 299 g/mol. The number of ketones is 1. The third kappa shape index (κ3) is 2.65. The minimum atomic E-state index is -0.000103. The molecule has 0 aliphatic rings. The molecule has 0 saturated heterocycles. The normalized spacial score (nSPS) is 11.6. The van der Waals surface area contributed by atoms with E-state index in [0.717, 1.165) is 33.7 Å². The molecule has 3 rings (SSSR count). The van der Waals surface area contributed by atoms with Gasteiger partial charge in [-0.15, -0.1) is 0 Å². The van der Waals surface area contributed by atoms with Crippen LogP contribution in [0.2, 0.25) is 5.02 Å². The van der Waals surface area contributed by atoms with Crippen LogP contribution in [-0.4, -0.2) is 10.8 Å². The minimum Gasteiger partial charge on any atom is -0.460 e. The Morgan fingerprint density at radius 1 is 1.29 bits per heavy atom. The third-order valence-corrected chi connectivity index (χ3v) is 3.51. The fourth-order valence-corrected chi connectivity index (χ4v) is 2.50. The number of carbonyl (C=O) groups excluding carboxylic acids is 1. The highest BCUT2D eigenvalue weighted by molar-refractivity contribution is 6.31. The Morgan fingerprint density at radius 3 is 2.76 bits per heavy atom. The van der Waals surface area contributed by atoms with Gasteiger partial charge in [0.2, 0.25) is 0 Å². The van der Waals surface area contributed by atoms with Gasteiger partial charge in [-0.3, -0.25) is 4.79 Å². The van der Waals surface area contributed by atoms with Gasteiger partial charge >= 0.3 is 0 Å². The van der Waals surface area contributed by atoms with E-state index in [1.807, 2.05) is 43.3 Å². The molecule has 2 heterocycles. The van der Waals surface area contributed by atoms with Crippen LogP contribution in [0.4, 0.5) is 0 Å².